The van der Waals surface area contributed by atoms with E-state index in [9.17, 15) is 4.79 Å². The van der Waals surface area contributed by atoms with Crippen molar-refractivity contribution in [1.82, 2.24) is 14.6 Å². The molecule has 3 aromatic heterocycles. The fourth-order valence-electron chi connectivity index (χ4n) is 5.25. The third kappa shape index (κ3) is 3.05. The Morgan fingerprint density at radius 1 is 1.12 bits per heavy atom. The second-order valence-electron chi connectivity index (χ2n) is 10.1. The van der Waals surface area contributed by atoms with Crippen LogP contribution < -0.4 is 10.5 Å². The number of rotatable bonds is 1. The zero-order chi connectivity index (χ0) is 22.0. The summed E-state index contributed by atoms with van der Waals surface area (Å²) in [5, 5.41) is 7.67. The standard InChI is InChI=1S/C25H28N4O2S/c1-25(2,3)15-8-9-18-19(14-15)32-23-20(18)24(30)29-21(26-23)16-6-4-5-7-17(16)22(27-29)28-10-12-31-13-11-28/h4-7,15H,8-14H2,1-3H3. The first kappa shape index (κ1) is 20.1. The molecule has 0 radical (unpaired) electrons. The van der Waals surface area contributed by atoms with Gasteiger partial charge >= 0.3 is 0 Å². The predicted octanol–water partition coefficient (Wildman–Crippen LogP) is 4.45. The summed E-state index contributed by atoms with van der Waals surface area (Å²) >= 11 is 1.71. The third-order valence-corrected chi connectivity index (χ3v) is 8.35. The molecule has 2 aliphatic rings. The van der Waals surface area contributed by atoms with Crippen molar-refractivity contribution in [2.75, 3.05) is 31.2 Å². The van der Waals surface area contributed by atoms with Crippen LogP contribution in [-0.2, 0) is 17.6 Å². The zero-order valence-electron chi connectivity index (χ0n) is 18.9. The van der Waals surface area contributed by atoms with Gasteiger partial charge in [0.2, 0.25) is 0 Å². The summed E-state index contributed by atoms with van der Waals surface area (Å²) in [5.41, 5.74) is 2.10. The smallest absolute Gasteiger partial charge is 0.283 e. The van der Waals surface area contributed by atoms with Crippen molar-refractivity contribution in [2.24, 2.45) is 11.3 Å². The molecule has 1 aromatic carbocycles. The van der Waals surface area contributed by atoms with Crippen LogP contribution in [0.15, 0.2) is 29.1 Å². The van der Waals surface area contributed by atoms with Crippen molar-refractivity contribution in [2.45, 2.75) is 40.0 Å². The molecule has 0 bridgehead atoms. The minimum Gasteiger partial charge on any atom is -0.378 e. The highest BCUT2D eigenvalue weighted by Gasteiger charge is 2.32. The number of nitrogens with zero attached hydrogens (tertiary/aromatic N) is 4. The molecule has 0 amide bonds. The first-order valence-corrected chi connectivity index (χ1v) is 12.3. The molecule has 4 heterocycles. The normalized spacial score (nSPS) is 19.7. The van der Waals surface area contributed by atoms with Crippen LogP contribution in [0.2, 0.25) is 0 Å². The highest BCUT2D eigenvalue weighted by molar-refractivity contribution is 7.18. The molecule has 166 valence electrons. The highest BCUT2D eigenvalue weighted by Crippen LogP contribution is 2.42. The van der Waals surface area contributed by atoms with E-state index < -0.39 is 0 Å². The number of benzene rings is 1. The molecule has 1 fully saturated rings. The minimum absolute atomic E-state index is 0.0306. The minimum atomic E-state index is -0.0306. The van der Waals surface area contributed by atoms with Gasteiger partial charge < -0.3 is 9.64 Å². The number of thiophene rings is 1. The lowest BCUT2D eigenvalue weighted by Gasteiger charge is -2.33. The second kappa shape index (κ2) is 7.25. The topological polar surface area (TPSA) is 59.7 Å². The van der Waals surface area contributed by atoms with E-state index in [1.165, 1.54) is 10.4 Å². The van der Waals surface area contributed by atoms with E-state index in [2.05, 4.69) is 37.8 Å². The summed E-state index contributed by atoms with van der Waals surface area (Å²) in [6, 6.07) is 8.17. The molecule has 1 unspecified atom stereocenters. The van der Waals surface area contributed by atoms with Crippen molar-refractivity contribution in [1.29, 1.82) is 0 Å². The number of morpholine rings is 1. The van der Waals surface area contributed by atoms with Crippen molar-refractivity contribution < 1.29 is 4.74 Å². The van der Waals surface area contributed by atoms with Crippen LogP contribution in [-0.4, -0.2) is 40.9 Å². The number of aromatic nitrogens is 3. The van der Waals surface area contributed by atoms with E-state index in [1.807, 2.05) is 12.1 Å². The van der Waals surface area contributed by atoms with Crippen molar-refractivity contribution in [3.63, 3.8) is 0 Å². The van der Waals surface area contributed by atoms with Gasteiger partial charge in [0.15, 0.2) is 11.5 Å². The fourth-order valence-corrected chi connectivity index (χ4v) is 6.54. The fraction of sp³-hybridized carbons (Fsp3) is 0.480. The third-order valence-electron chi connectivity index (χ3n) is 7.20. The van der Waals surface area contributed by atoms with Gasteiger partial charge in [0.1, 0.15) is 4.83 Å². The molecule has 1 aliphatic heterocycles. The van der Waals surface area contributed by atoms with Crippen molar-refractivity contribution >= 4 is 43.8 Å². The van der Waals surface area contributed by atoms with Crippen LogP contribution in [0.1, 0.15) is 37.6 Å². The van der Waals surface area contributed by atoms with Gasteiger partial charge in [0, 0.05) is 28.7 Å². The van der Waals surface area contributed by atoms with Crippen molar-refractivity contribution in [3.05, 3.63) is 45.1 Å². The Hall–Kier alpha value is -2.51. The maximum Gasteiger partial charge on any atom is 0.283 e. The molecule has 1 aliphatic carbocycles. The predicted molar refractivity (Wildman–Crippen MR) is 130 cm³/mol. The lowest BCUT2D eigenvalue weighted by molar-refractivity contribution is 0.122. The van der Waals surface area contributed by atoms with Crippen LogP contribution >= 0.6 is 11.3 Å². The summed E-state index contributed by atoms with van der Waals surface area (Å²) in [7, 11) is 0. The van der Waals surface area contributed by atoms with Gasteiger partial charge in [-0.05, 0) is 36.2 Å². The molecular formula is C25H28N4O2S. The van der Waals surface area contributed by atoms with Crippen LogP contribution in [0.4, 0.5) is 5.82 Å². The maximum absolute atomic E-state index is 13.8. The second-order valence-corrected chi connectivity index (χ2v) is 11.2. The quantitative estimate of drug-likeness (QED) is 0.403. The number of fused-ring (bicyclic) bond motifs is 6. The maximum atomic E-state index is 13.8. The Labute approximate surface area is 190 Å². The van der Waals surface area contributed by atoms with E-state index in [1.54, 1.807) is 15.9 Å². The van der Waals surface area contributed by atoms with Gasteiger partial charge in [0.25, 0.3) is 5.56 Å². The van der Waals surface area contributed by atoms with Crippen LogP contribution in [0.5, 0.6) is 0 Å². The van der Waals surface area contributed by atoms with Gasteiger partial charge in [-0.2, -0.15) is 4.52 Å². The molecule has 1 atom stereocenters. The molecule has 7 heteroatoms. The lowest BCUT2D eigenvalue weighted by atomic mass is 9.72. The van der Waals surface area contributed by atoms with E-state index in [4.69, 9.17) is 14.8 Å². The average Bonchev–Trinajstić information content (AvgIpc) is 3.17. The van der Waals surface area contributed by atoms with Crippen LogP contribution in [0.3, 0.4) is 0 Å². The zero-order valence-corrected chi connectivity index (χ0v) is 19.7. The number of hydrogen-bond acceptors (Lipinski definition) is 6. The number of ether oxygens (including phenoxy) is 1. The van der Waals surface area contributed by atoms with Gasteiger partial charge in [0.05, 0.1) is 18.6 Å². The van der Waals surface area contributed by atoms with Gasteiger partial charge in [-0.3, -0.25) is 4.79 Å². The van der Waals surface area contributed by atoms with Gasteiger partial charge in [-0.15, -0.1) is 16.4 Å². The van der Waals surface area contributed by atoms with E-state index in [0.717, 1.165) is 59.2 Å². The number of aryl methyl sites for hydroxylation is 1. The Morgan fingerprint density at radius 2 is 1.88 bits per heavy atom. The molecule has 6 nitrogen and oxygen atoms in total. The monoisotopic (exact) mass is 448 g/mol. The van der Waals surface area contributed by atoms with E-state index in [0.29, 0.717) is 24.8 Å². The molecule has 0 spiro atoms. The first-order chi connectivity index (χ1) is 15.4. The van der Waals surface area contributed by atoms with Gasteiger partial charge in [-0.1, -0.05) is 45.0 Å². The Kier molecular flexibility index (Phi) is 4.56. The Balaban J connectivity index is 1.61. The van der Waals surface area contributed by atoms with Gasteiger partial charge in [-0.25, -0.2) is 4.98 Å². The summed E-state index contributed by atoms with van der Waals surface area (Å²) < 4.78 is 7.09. The number of hydrogen-bond donors (Lipinski definition) is 0. The lowest BCUT2D eigenvalue weighted by Crippen LogP contribution is -2.37. The average molecular weight is 449 g/mol. The number of anilines is 1. The molecule has 6 rings (SSSR count). The SMILES string of the molecule is CC(C)(C)C1CCc2c(sc3nc4c5ccccc5c(N5CCOCC5)nn4c(=O)c23)C1. The summed E-state index contributed by atoms with van der Waals surface area (Å²) in [6.45, 7) is 9.85. The molecule has 1 saturated heterocycles. The molecule has 0 saturated carbocycles. The summed E-state index contributed by atoms with van der Waals surface area (Å²) in [4.78, 5) is 23.2. The Bertz CT molecular complexity index is 1410. The molecular weight excluding hydrogens is 420 g/mol. The largest absolute Gasteiger partial charge is 0.378 e. The molecule has 32 heavy (non-hydrogen) atoms. The Morgan fingerprint density at radius 3 is 2.62 bits per heavy atom. The summed E-state index contributed by atoms with van der Waals surface area (Å²) in [5.74, 6) is 1.48. The van der Waals surface area contributed by atoms with E-state index in [-0.39, 0.29) is 11.0 Å². The summed E-state index contributed by atoms with van der Waals surface area (Å²) in [6.07, 6.45) is 3.10. The van der Waals surface area contributed by atoms with Crippen LogP contribution in [0, 0.1) is 11.3 Å². The van der Waals surface area contributed by atoms with E-state index >= 15 is 0 Å². The first-order valence-electron chi connectivity index (χ1n) is 11.5. The van der Waals surface area contributed by atoms with Crippen LogP contribution in [0.25, 0.3) is 26.6 Å². The highest BCUT2D eigenvalue weighted by atomic mass is 32.1. The molecule has 4 aromatic rings. The molecule has 0 N–H and O–H groups in total. The van der Waals surface area contributed by atoms with Crippen molar-refractivity contribution in [3.8, 4) is 0 Å².